The Morgan fingerprint density at radius 1 is 1.09 bits per heavy atom. The highest BCUT2D eigenvalue weighted by molar-refractivity contribution is 7.10. The van der Waals surface area contributed by atoms with E-state index in [4.69, 9.17) is 0 Å². The number of para-hydroxylation sites is 2. The van der Waals surface area contributed by atoms with Crippen molar-refractivity contribution in [3.63, 3.8) is 0 Å². The quantitative estimate of drug-likeness (QED) is 0.357. The van der Waals surface area contributed by atoms with E-state index in [0.29, 0.717) is 0 Å². The Morgan fingerprint density at radius 3 is 2.78 bits per heavy atom. The first-order valence-corrected chi connectivity index (χ1v) is 12.1. The number of nitrogens with zero attached hydrogens (tertiary/aromatic N) is 2. The first kappa shape index (κ1) is 19.4. The SMILES string of the molecule is CCn1cc(C(=O)N2CCc3ccsc3C2Cc2c[nH]c3ccccc23)c2ccccc21. The minimum atomic E-state index is 0.0502. The molecule has 1 aliphatic rings. The van der Waals surface area contributed by atoms with Gasteiger partial charge in [-0.1, -0.05) is 36.4 Å². The summed E-state index contributed by atoms with van der Waals surface area (Å²) < 4.78 is 2.18. The molecule has 6 rings (SSSR count). The third-order valence-electron chi connectivity index (χ3n) is 6.79. The normalized spacial score (nSPS) is 16.0. The van der Waals surface area contributed by atoms with E-state index in [1.165, 1.54) is 21.4 Å². The van der Waals surface area contributed by atoms with Crippen molar-refractivity contribution in [1.29, 1.82) is 0 Å². The zero-order valence-corrected chi connectivity index (χ0v) is 18.9. The van der Waals surface area contributed by atoms with Gasteiger partial charge in [0.1, 0.15) is 0 Å². The van der Waals surface area contributed by atoms with Crippen LogP contribution in [0, 0.1) is 0 Å². The summed E-state index contributed by atoms with van der Waals surface area (Å²) in [5, 5.41) is 4.46. The van der Waals surface area contributed by atoms with Crippen LogP contribution < -0.4 is 0 Å². The molecular weight excluding hydrogens is 414 g/mol. The van der Waals surface area contributed by atoms with Crippen LogP contribution >= 0.6 is 11.3 Å². The molecule has 0 bridgehead atoms. The summed E-state index contributed by atoms with van der Waals surface area (Å²) in [5.41, 5.74) is 5.74. The Balaban J connectivity index is 1.43. The van der Waals surface area contributed by atoms with Gasteiger partial charge in [0.25, 0.3) is 5.91 Å². The molecule has 0 aliphatic carbocycles. The van der Waals surface area contributed by atoms with Crippen LogP contribution in [-0.2, 0) is 19.4 Å². The number of aromatic amines is 1. The number of aromatic nitrogens is 2. The van der Waals surface area contributed by atoms with Gasteiger partial charge in [-0.05, 0) is 54.5 Å². The minimum Gasteiger partial charge on any atom is -0.361 e. The van der Waals surface area contributed by atoms with Crippen LogP contribution in [0.4, 0.5) is 0 Å². The number of hydrogen-bond donors (Lipinski definition) is 1. The second-order valence-corrected chi connectivity index (χ2v) is 9.43. The number of aryl methyl sites for hydroxylation is 1. The van der Waals surface area contributed by atoms with Crippen LogP contribution in [0.2, 0.25) is 0 Å². The first-order chi connectivity index (χ1) is 15.7. The van der Waals surface area contributed by atoms with E-state index in [2.05, 4.69) is 75.4 Å². The first-order valence-electron chi connectivity index (χ1n) is 11.2. The molecule has 3 aromatic heterocycles. The minimum absolute atomic E-state index is 0.0502. The van der Waals surface area contributed by atoms with Crippen molar-refractivity contribution >= 4 is 39.0 Å². The van der Waals surface area contributed by atoms with Gasteiger partial charge in [-0.15, -0.1) is 11.3 Å². The van der Waals surface area contributed by atoms with Gasteiger partial charge in [-0.2, -0.15) is 0 Å². The van der Waals surface area contributed by atoms with Crippen molar-refractivity contribution in [2.75, 3.05) is 6.54 Å². The average molecular weight is 440 g/mol. The molecule has 1 atom stereocenters. The molecule has 0 saturated heterocycles. The Labute approximate surface area is 191 Å². The predicted molar refractivity (Wildman–Crippen MR) is 131 cm³/mol. The van der Waals surface area contributed by atoms with Crippen LogP contribution in [0.1, 0.15) is 39.3 Å². The van der Waals surface area contributed by atoms with Gasteiger partial charge in [0.15, 0.2) is 0 Å². The van der Waals surface area contributed by atoms with Gasteiger partial charge >= 0.3 is 0 Å². The van der Waals surface area contributed by atoms with E-state index in [-0.39, 0.29) is 11.9 Å². The summed E-state index contributed by atoms with van der Waals surface area (Å²) in [5.74, 6) is 0.136. The highest BCUT2D eigenvalue weighted by Gasteiger charge is 2.34. The summed E-state index contributed by atoms with van der Waals surface area (Å²) >= 11 is 1.78. The molecule has 4 nitrogen and oxygen atoms in total. The summed E-state index contributed by atoms with van der Waals surface area (Å²) in [6.07, 6.45) is 5.88. The van der Waals surface area contributed by atoms with E-state index >= 15 is 0 Å². The fraction of sp³-hybridized carbons (Fsp3) is 0.222. The van der Waals surface area contributed by atoms with Crippen molar-refractivity contribution in [1.82, 2.24) is 14.5 Å². The van der Waals surface area contributed by atoms with Gasteiger partial charge in [0, 0.05) is 52.2 Å². The van der Waals surface area contributed by atoms with E-state index in [9.17, 15) is 4.79 Å². The number of carbonyl (C=O) groups excluding carboxylic acids is 1. The van der Waals surface area contributed by atoms with E-state index in [0.717, 1.165) is 47.9 Å². The lowest BCUT2D eigenvalue weighted by atomic mass is 9.94. The highest BCUT2D eigenvalue weighted by atomic mass is 32.1. The van der Waals surface area contributed by atoms with Gasteiger partial charge in [0.2, 0.25) is 0 Å². The third-order valence-corrected chi connectivity index (χ3v) is 7.85. The maximum Gasteiger partial charge on any atom is 0.256 e. The molecule has 4 heterocycles. The van der Waals surface area contributed by atoms with Crippen molar-refractivity contribution in [2.45, 2.75) is 32.4 Å². The Kier molecular flexibility index (Phi) is 4.65. The van der Waals surface area contributed by atoms with E-state index in [1.807, 2.05) is 18.3 Å². The molecule has 160 valence electrons. The standard InChI is InChI=1S/C27H25N3OS/c1-2-29-17-22(21-8-4-6-10-24(21)29)27(31)30-13-11-18-12-14-32-26(18)25(30)15-19-16-28-23-9-5-3-7-20(19)23/h3-10,12,14,16-17,25,28H,2,11,13,15H2,1H3. The third kappa shape index (κ3) is 3.00. The molecule has 5 heteroatoms. The fourth-order valence-corrected chi connectivity index (χ4v) is 6.24. The summed E-state index contributed by atoms with van der Waals surface area (Å²) in [4.78, 5) is 20.8. The molecule has 2 aromatic carbocycles. The summed E-state index contributed by atoms with van der Waals surface area (Å²) in [6, 6.07) is 18.9. The van der Waals surface area contributed by atoms with Gasteiger partial charge < -0.3 is 14.5 Å². The second kappa shape index (κ2) is 7.68. The molecular formula is C27H25N3OS. The van der Waals surface area contributed by atoms with Crippen LogP contribution in [0.5, 0.6) is 0 Å². The van der Waals surface area contributed by atoms with Crippen LogP contribution in [-0.4, -0.2) is 26.9 Å². The largest absolute Gasteiger partial charge is 0.361 e. The number of nitrogens with one attached hydrogen (secondary N) is 1. The molecule has 0 spiro atoms. The molecule has 1 unspecified atom stereocenters. The number of rotatable bonds is 4. The molecule has 0 fully saturated rings. The molecule has 0 radical (unpaired) electrons. The maximum absolute atomic E-state index is 14.0. The van der Waals surface area contributed by atoms with Gasteiger partial charge in [-0.25, -0.2) is 0 Å². The van der Waals surface area contributed by atoms with Crippen molar-refractivity contribution in [3.05, 3.63) is 93.9 Å². The predicted octanol–water partition coefficient (Wildman–Crippen LogP) is 6.19. The van der Waals surface area contributed by atoms with Crippen molar-refractivity contribution in [3.8, 4) is 0 Å². The van der Waals surface area contributed by atoms with Crippen molar-refractivity contribution < 1.29 is 4.79 Å². The average Bonchev–Trinajstić information content (AvgIpc) is 3.56. The maximum atomic E-state index is 14.0. The number of H-pyrrole nitrogens is 1. The molecule has 1 aliphatic heterocycles. The Bertz CT molecular complexity index is 1440. The highest BCUT2D eigenvalue weighted by Crippen LogP contribution is 2.39. The van der Waals surface area contributed by atoms with Gasteiger partial charge in [0.05, 0.1) is 11.6 Å². The summed E-state index contributed by atoms with van der Waals surface area (Å²) in [7, 11) is 0. The summed E-state index contributed by atoms with van der Waals surface area (Å²) in [6.45, 7) is 3.72. The zero-order valence-electron chi connectivity index (χ0n) is 18.0. The molecule has 0 saturated carbocycles. The van der Waals surface area contributed by atoms with Crippen LogP contribution in [0.3, 0.4) is 0 Å². The van der Waals surface area contributed by atoms with Crippen molar-refractivity contribution in [2.24, 2.45) is 0 Å². The lowest BCUT2D eigenvalue weighted by Gasteiger charge is -2.36. The topological polar surface area (TPSA) is 41.0 Å². The number of amides is 1. The number of thiophene rings is 1. The second-order valence-electron chi connectivity index (χ2n) is 8.48. The number of carbonyl (C=O) groups is 1. The molecule has 1 amide bonds. The van der Waals surface area contributed by atoms with Crippen LogP contribution in [0.25, 0.3) is 21.8 Å². The smallest absolute Gasteiger partial charge is 0.256 e. The van der Waals surface area contributed by atoms with E-state index in [1.54, 1.807) is 11.3 Å². The molecule has 32 heavy (non-hydrogen) atoms. The lowest BCUT2D eigenvalue weighted by Crippen LogP contribution is -2.40. The van der Waals surface area contributed by atoms with Gasteiger partial charge in [-0.3, -0.25) is 4.79 Å². The fourth-order valence-electron chi connectivity index (χ4n) is 5.17. The molecule has 5 aromatic rings. The number of hydrogen-bond acceptors (Lipinski definition) is 2. The zero-order chi connectivity index (χ0) is 21.7. The number of benzene rings is 2. The molecule has 1 N–H and O–H groups in total. The lowest BCUT2D eigenvalue weighted by molar-refractivity contribution is 0.0666. The monoisotopic (exact) mass is 439 g/mol. The van der Waals surface area contributed by atoms with E-state index < -0.39 is 0 Å². The Morgan fingerprint density at radius 2 is 1.91 bits per heavy atom. The van der Waals surface area contributed by atoms with Crippen LogP contribution in [0.15, 0.2) is 72.4 Å². The number of fused-ring (bicyclic) bond motifs is 3. The Hall–Kier alpha value is -3.31.